The fourth-order valence-corrected chi connectivity index (χ4v) is 3.37. The summed E-state index contributed by atoms with van der Waals surface area (Å²) in [7, 11) is 1.34. The fourth-order valence-electron chi connectivity index (χ4n) is 3.37. The molecule has 1 aliphatic rings. The summed E-state index contributed by atoms with van der Waals surface area (Å²) in [6.07, 6.45) is 3.06. The van der Waals surface area contributed by atoms with Crippen LogP contribution in [0.25, 0.3) is 28.2 Å². The van der Waals surface area contributed by atoms with Gasteiger partial charge in [0.05, 0.1) is 25.7 Å². The Morgan fingerprint density at radius 3 is 2.69 bits per heavy atom. The van der Waals surface area contributed by atoms with Crippen molar-refractivity contribution >= 4 is 28.9 Å². The third-order valence-corrected chi connectivity index (χ3v) is 4.88. The van der Waals surface area contributed by atoms with Crippen molar-refractivity contribution in [2.24, 2.45) is 0 Å². The van der Waals surface area contributed by atoms with Crippen molar-refractivity contribution in [1.29, 1.82) is 0 Å². The second-order valence-corrected chi connectivity index (χ2v) is 6.71. The summed E-state index contributed by atoms with van der Waals surface area (Å²) in [6.45, 7) is 2.59. The molecular weight excluding hydrogens is 370 g/mol. The second kappa shape index (κ2) is 8.32. The van der Waals surface area contributed by atoms with Crippen LogP contribution < -0.4 is 10.3 Å². The molecule has 4 rings (SSSR count). The van der Waals surface area contributed by atoms with Crippen LogP contribution in [0.4, 0.5) is 5.88 Å². The average Bonchev–Trinajstić information content (AvgIpc) is 2.78. The van der Waals surface area contributed by atoms with Crippen LogP contribution in [0.1, 0.15) is 5.56 Å². The lowest BCUT2D eigenvalue weighted by Gasteiger charge is -2.27. The second-order valence-electron chi connectivity index (χ2n) is 6.71. The number of benzene rings is 2. The molecule has 0 unspecified atom stereocenters. The molecule has 1 aliphatic heterocycles. The van der Waals surface area contributed by atoms with Crippen molar-refractivity contribution in [2.75, 3.05) is 38.3 Å². The summed E-state index contributed by atoms with van der Waals surface area (Å²) < 4.78 is 16.2. The molecule has 148 valence electrons. The molecule has 0 aliphatic carbocycles. The molecule has 0 amide bonds. The number of fused-ring (bicyclic) bond motifs is 1. The average molecular weight is 391 g/mol. The fraction of sp³-hybridized carbons (Fsp3) is 0.217. The van der Waals surface area contributed by atoms with Gasteiger partial charge in [0, 0.05) is 30.8 Å². The lowest BCUT2D eigenvalue weighted by atomic mass is 10.0. The highest BCUT2D eigenvalue weighted by Gasteiger charge is 2.17. The lowest BCUT2D eigenvalue weighted by Crippen LogP contribution is -2.36. The monoisotopic (exact) mass is 391 g/mol. The molecule has 0 N–H and O–H groups in total. The maximum absolute atomic E-state index is 12.7. The van der Waals surface area contributed by atoms with E-state index in [0.717, 1.165) is 16.7 Å². The van der Waals surface area contributed by atoms with E-state index in [1.54, 1.807) is 18.2 Å². The minimum Gasteiger partial charge on any atom is -0.466 e. The molecule has 1 saturated heterocycles. The summed E-state index contributed by atoms with van der Waals surface area (Å²) in [5.74, 6) is 0.140. The standard InChI is InChI=1S/C23H21NO5/c1-27-22(26)9-8-16-4-2-5-17(14-16)18-6-3-7-19-20(25)15-21(29-23(18)19)24-10-12-28-13-11-24/h2-9,14-15H,10-13H2,1H3/b9-8+. The molecular formula is C23H21NO5. The summed E-state index contributed by atoms with van der Waals surface area (Å²) >= 11 is 0. The third kappa shape index (κ3) is 4.07. The van der Waals surface area contributed by atoms with Gasteiger partial charge in [0.25, 0.3) is 0 Å². The Labute approximate surface area is 168 Å². The van der Waals surface area contributed by atoms with Gasteiger partial charge in [0.15, 0.2) is 11.3 Å². The molecule has 0 spiro atoms. The zero-order chi connectivity index (χ0) is 20.2. The summed E-state index contributed by atoms with van der Waals surface area (Å²) in [5.41, 5.74) is 3.04. The van der Waals surface area contributed by atoms with Gasteiger partial charge >= 0.3 is 5.97 Å². The van der Waals surface area contributed by atoms with Gasteiger partial charge < -0.3 is 18.8 Å². The molecule has 0 radical (unpaired) electrons. The Morgan fingerprint density at radius 1 is 1.10 bits per heavy atom. The summed E-state index contributed by atoms with van der Waals surface area (Å²) in [4.78, 5) is 26.1. The predicted octanol–water partition coefficient (Wildman–Crippen LogP) is 3.48. The Balaban J connectivity index is 1.79. The first-order chi connectivity index (χ1) is 14.2. The molecule has 6 heteroatoms. The van der Waals surface area contributed by atoms with E-state index in [-0.39, 0.29) is 5.43 Å². The molecule has 0 atom stereocenters. The van der Waals surface area contributed by atoms with Gasteiger partial charge in [0.2, 0.25) is 0 Å². The SMILES string of the molecule is COC(=O)/C=C/c1cccc(-c2cccc3c(=O)cc(N4CCOCC4)oc23)c1. The van der Waals surface area contributed by atoms with E-state index < -0.39 is 5.97 Å². The topological polar surface area (TPSA) is 69.0 Å². The van der Waals surface area contributed by atoms with Gasteiger partial charge in [0.1, 0.15) is 5.58 Å². The summed E-state index contributed by atoms with van der Waals surface area (Å²) in [6, 6.07) is 14.8. The predicted molar refractivity (Wildman–Crippen MR) is 112 cm³/mol. The highest BCUT2D eigenvalue weighted by molar-refractivity contribution is 5.93. The van der Waals surface area contributed by atoms with E-state index in [4.69, 9.17) is 9.15 Å². The van der Waals surface area contributed by atoms with Gasteiger partial charge in [-0.2, -0.15) is 0 Å². The van der Waals surface area contributed by atoms with Crippen molar-refractivity contribution in [3.8, 4) is 11.1 Å². The van der Waals surface area contributed by atoms with Crippen LogP contribution in [0.2, 0.25) is 0 Å². The smallest absolute Gasteiger partial charge is 0.330 e. The number of ether oxygens (including phenoxy) is 2. The first-order valence-corrected chi connectivity index (χ1v) is 9.42. The molecule has 6 nitrogen and oxygen atoms in total. The molecule has 2 aromatic carbocycles. The number of anilines is 1. The number of carbonyl (C=O) groups excluding carboxylic acids is 1. The van der Waals surface area contributed by atoms with Crippen LogP contribution in [-0.2, 0) is 14.3 Å². The first kappa shape index (κ1) is 19.0. The largest absolute Gasteiger partial charge is 0.466 e. The van der Waals surface area contributed by atoms with Crippen LogP contribution in [0.3, 0.4) is 0 Å². The Morgan fingerprint density at radius 2 is 1.90 bits per heavy atom. The lowest BCUT2D eigenvalue weighted by molar-refractivity contribution is -0.134. The molecule has 2 heterocycles. The third-order valence-electron chi connectivity index (χ3n) is 4.88. The van der Waals surface area contributed by atoms with Gasteiger partial charge in [-0.3, -0.25) is 4.79 Å². The highest BCUT2D eigenvalue weighted by atomic mass is 16.5. The van der Waals surface area contributed by atoms with E-state index >= 15 is 0 Å². The Hall–Kier alpha value is -3.38. The Bertz CT molecular complexity index is 1130. The van der Waals surface area contributed by atoms with E-state index in [9.17, 15) is 9.59 Å². The zero-order valence-electron chi connectivity index (χ0n) is 16.1. The number of rotatable bonds is 4. The number of para-hydroxylation sites is 1. The maximum Gasteiger partial charge on any atom is 0.330 e. The van der Waals surface area contributed by atoms with Crippen LogP contribution in [0, 0.1) is 0 Å². The van der Waals surface area contributed by atoms with Crippen molar-refractivity contribution < 1.29 is 18.7 Å². The minimum atomic E-state index is -0.415. The number of carbonyl (C=O) groups is 1. The minimum absolute atomic E-state index is 0.0728. The van der Waals surface area contributed by atoms with Crippen LogP contribution in [0.5, 0.6) is 0 Å². The van der Waals surface area contributed by atoms with E-state index in [1.807, 2.05) is 41.3 Å². The Kier molecular flexibility index (Phi) is 5.44. The normalized spacial score (nSPS) is 14.4. The number of hydrogen-bond acceptors (Lipinski definition) is 6. The van der Waals surface area contributed by atoms with Crippen LogP contribution >= 0.6 is 0 Å². The number of hydrogen-bond donors (Lipinski definition) is 0. The molecule has 29 heavy (non-hydrogen) atoms. The number of morpholine rings is 1. The highest BCUT2D eigenvalue weighted by Crippen LogP contribution is 2.31. The van der Waals surface area contributed by atoms with Gasteiger partial charge in [-0.15, -0.1) is 0 Å². The molecule has 3 aromatic rings. The first-order valence-electron chi connectivity index (χ1n) is 9.42. The van der Waals surface area contributed by atoms with Gasteiger partial charge in [-0.25, -0.2) is 4.79 Å². The van der Waals surface area contributed by atoms with Crippen molar-refractivity contribution in [3.05, 3.63) is 70.4 Å². The maximum atomic E-state index is 12.7. The van der Waals surface area contributed by atoms with Gasteiger partial charge in [-0.05, 0) is 29.3 Å². The molecule has 0 bridgehead atoms. The summed E-state index contributed by atoms with van der Waals surface area (Å²) in [5, 5.41) is 0.537. The van der Waals surface area contributed by atoms with E-state index in [0.29, 0.717) is 43.2 Å². The van der Waals surface area contributed by atoms with Crippen molar-refractivity contribution in [2.45, 2.75) is 0 Å². The van der Waals surface area contributed by atoms with E-state index in [2.05, 4.69) is 4.74 Å². The van der Waals surface area contributed by atoms with Crippen LogP contribution in [0.15, 0.2) is 63.8 Å². The van der Waals surface area contributed by atoms with Crippen molar-refractivity contribution in [1.82, 2.24) is 0 Å². The molecule has 0 saturated carbocycles. The number of methoxy groups -OCH3 is 1. The van der Waals surface area contributed by atoms with E-state index in [1.165, 1.54) is 13.2 Å². The number of nitrogens with zero attached hydrogens (tertiary/aromatic N) is 1. The molecule has 1 fully saturated rings. The quantitative estimate of drug-likeness (QED) is 0.501. The zero-order valence-corrected chi connectivity index (χ0v) is 16.1. The van der Waals surface area contributed by atoms with Gasteiger partial charge in [-0.1, -0.05) is 30.3 Å². The van der Waals surface area contributed by atoms with Crippen molar-refractivity contribution in [3.63, 3.8) is 0 Å². The van der Waals surface area contributed by atoms with Crippen LogP contribution in [-0.4, -0.2) is 39.4 Å². The number of esters is 1. The molecule has 1 aromatic heterocycles.